The van der Waals surface area contributed by atoms with Crippen LogP contribution in [0, 0.1) is 0 Å². The highest BCUT2D eigenvalue weighted by Crippen LogP contribution is 2.14. The fraction of sp³-hybridized carbons (Fsp3) is 0.308. The van der Waals surface area contributed by atoms with Crippen LogP contribution in [0.25, 0.3) is 0 Å². The van der Waals surface area contributed by atoms with Crippen molar-refractivity contribution in [2.45, 2.75) is 24.9 Å². The van der Waals surface area contributed by atoms with Crippen molar-refractivity contribution in [3.63, 3.8) is 0 Å². The molecule has 0 saturated carbocycles. The Morgan fingerprint density at radius 2 is 1.65 bits per heavy atom. The maximum absolute atomic E-state index is 12.1. The van der Waals surface area contributed by atoms with E-state index in [-0.39, 0.29) is 12.0 Å². The molecule has 0 aromatic heterocycles. The van der Waals surface area contributed by atoms with Gasteiger partial charge in [0.15, 0.2) is 5.78 Å². The zero-order chi connectivity index (χ0) is 15.3. The van der Waals surface area contributed by atoms with E-state index in [1.807, 2.05) is 0 Å². The molecule has 1 rings (SSSR count). The van der Waals surface area contributed by atoms with E-state index in [1.165, 1.54) is 6.07 Å². The van der Waals surface area contributed by atoms with Crippen LogP contribution in [0.15, 0.2) is 24.3 Å². The predicted octanol–water partition coefficient (Wildman–Crippen LogP) is -0.374. The molecular weight excluding hydrogens is 264 g/mol. The summed E-state index contributed by atoms with van der Waals surface area (Å²) < 4.78 is 0. The summed E-state index contributed by atoms with van der Waals surface area (Å²) in [6.45, 7) is 0. The van der Waals surface area contributed by atoms with Crippen molar-refractivity contribution in [2.75, 3.05) is 0 Å². The maximum Gasteiger partial charge on any atom is 0.320 e. The van der Waals surface area contributed by atoms with Crippen LogP contribution < -0.4 is 11.5 Å². The van der Waals surface area contributed by atoms with Crippen molar-refractivity contribution in [1.82, 2.24) is 0 Å². The number of ketones is 1. The molecule has 0 aliphatic carbocycles. The van der Waals surface area contributed by atoms with E-state index in [9.17, 15) is 14.4 Å². The minimum atomic E-state index is -1.18. The summed E-state index contributed by atoms with van der Waals surface area (Å²) in [6.07, 6.45) is -0.519. The van der Waals surface area contributed by atoms with Gasteiger partial charge in [-0.15, -0.1) is 0 Å². The van der Waals surface area contributed by atoms with Gasteiger partial charge in [0.25, 0.3) is 0 Å². The van der Waals surface area contributed by atoms with Gasteiger partial charge in [0.2, 0.25) is 0 Å². The van der Waals surface area contributed by atoms with Crippen LogP contribution in [0.2, 0.25) is 0 Å². The van der Waals surface area contributed by atoms with Gasteiger partial charge in [0, 0.05) is 5.56 Å². The topological polar surface area (TPSA) is 144 Å². The van der Waals surface area contributed by atoms with Gasteiger partial charge < -0.3 is 21.7 Å². The Labute approximate surface area is 115 Å². The number of Topliss-reactive ketones (excluding diaryl/α,β-unsaturated/α-hetero) is 1. The van der Waals surface area contributed by atoms with E-state index in [0.29, 0.717) is 5.56 Å². The summed E-state index contributed by atoms with van der Waals surface area (Å²) in [6, 6.07) is 3.98. The van der Waals surface area contributed by atoms with Gasteiger partial charge >= 0.3 is 11.9 Å². The van der Waals surface area contributed by atoms with E-state index >= 15 is 0 Å². The van der Waals surface area contributed by atoms with E-state index < -0.39 is 36.2 Å². The van der Waals surface area contributed by atoms with Crippen LogP contribution in [0.3, 0.4) is 0 Å². The Kier molecular flexibility index (Phi) is 5.36. The summed E-state index contributed by atoms with van der Waals surface area (Å²) >= 11 is 0. The van der Waals surface area contributed by atoms with Gasteiger partial charge in [0.1, 0.15) is 6.04 Å². The summed E-state index contributed by atoms with van der Waals surface area (Å²) in [5.74, 6) is -2.90. The van der Waals surface area contributed by atoms with Gasteiger partial charge in [-0.05, 0) is 12.0 Å². The third-order valence-corrected chi connectivity index (χ3v) is 2.77. The molecule has 7 heteroatoms. The summed E-state index contributed by atoms with van der Waals surface area (Å²) in [7, 11) is 0. The molecule has 0 saturated heterocycles. The Bertz CT molecular complexity index is 529. The molecule has 0 aliphatic heterocycles. The van der Waals surface area contributed by atoms with Gasteiger partial charge in [-0.1, -0.05) is 24.3 Å². The zero-order valence-electron chi connectivity index (χ0n) is 10.7. The molecule has 0 spiro atoms. The molecule has 0 heterocycles. The molecule has 0 unspecified atom stereocenters. The molecule has 1 aromatic carbocycles. The van der Waals surface area contributed by atoms with Crippen molar-refractivity contribution in [3.05, 3.63) is 35.4 Å². The third kappa shape index (κ3) is 4.15. The number of carboxylic acids is 2. The minimum Gasteiger partial charge on any atom is -0.481 e. The number of rotatable bonds is 7. The normalized spacial score (nSPS) is 13.5. The minimum absolute atomic E-state index is 0.0307. The lowest BCUT2D eigenvalue weighted by molar-refractivity contribution is -0.139. The zero-order valence-corrected chi connectivity index (χ0v) is 10.7. The lowest BCUT2D eigenvalue weighted by Gasteiger charge is -2.14. The van der Waals surface area contributed by atoms with Crippen LogP contribution in [-0.2, 0) is 16.0 Å². The number of carboxylic acid groups (broad SMARTS) is 2. The predicted molar refractivity (Wildman–Crippen MR) is 70.3 cm³/mol. The number of carbonyl (C=O) groups excluding carboxylic acids is 1. The van der Waals surface area contributed by atoms with E-state index in [0.717, 1.165) is 0 Å². The number of hydrogen-bond donors (Lipinski definition) is 4. The molecule has 0 amide bonds. The second-order valence-corrected chi connectivity index (χ2v) is 4.37. The van der Waals surface area contributed by atoms with E-state index in [4.69, 9.17) is 21.7 Å². The fourth-order valence-electron chi connectivity index (χ4n) is 1.74. The Morgan fingerprint density at radius 3 is 2.20 bits per heavy atom. The van der Waals surface area contributed by atoms with Crippen molar-refractivity contribution in [1.29, 1.82) is 0 Å². The van der Waals surface area contributed by atoms with Crippen LogP contribution in [0.4, 0.5) is 0 Å². The van der Waals surface area contributed by atoms with Crippen LogP contribution in [0.5, 0.6) is 0 Å². The first kappa shape index (κ1) is 15.8. The highest BCUT2D eigenvalue weighted by molar-refractivity contribution is 6.02. The molecule has 6 N–H and O–H groups in total. The summed E-state index contributed by atoms with van der Waals surface area (Å²) in [5.41, 5.74) is 11.6. The van der Waals surface area contributed by atoms with Gasteiger partial charge in [0.05, 0.1) is 12.5 Å². The van der Waals surface area contributed by atoms with Crippen molar-refractivity contribution >= 4 is 17.7 Å². The Morgan fingerprint density at radius 1 is 1.05 bits per heavy atom. The highest BCUT2D eigenvalue weighted by Gasteiger charge is 2.22. The molecule has 20 heavy (non-hydrogen) atoms. The van der Waals surface area contributed by atoms with E-state index in [2.05, 4.69) is 0 Å². The molecule has 0 bridgehead atoms. The summed E-state index contributed by atoms with van der Waals surface area (Å²) in [5, 5.41) is 17.4. The van der Waals surface area contributed by atoms with Gasteiger partial charge in [-0.2, -0.15) is 0 Å². The number of hydrogen-bond acceptors (Lipinski definition) is 5. The quantitative estimate of drug-likeness (QED) is 0.498. The average molecular weight is 280 g/mol. The Balaban J connectivity index is 2.97. The first-order valence-electron chi connectivity index (χ1n) is 5.90. The van der Waals surface area contributed by atoms with Gasteiger partial charge in [-0.3, -0.25) is 14.4 Å². The van der Waals surface area contributed by atoms with Crippen molar-refractivity contribution in [2.24, 2.45) is 11.5 Å². The average Bonchev–Trinajstić information content (AvgIpc) is 2.37. The standard InChI is InChI=1S/C13H16N2O5/c14-9(6-11(16)17)12(18)8-4-2-1-3-7(8)5-10(15)13(19)20/h1-4,9-10H,5-6,14-15H2,(H,16,17)(H,19,20)/t9-,10-/m0/s1. The molecule has 108 valence electrons. The Hall–Kier alpha value is -2.25. The third-order valence-electron chi connectivity index (χ3n) is 2.77. The number of aliphatic carboxylic acids is 2. The summed E-state index contributed by atoms with van der Waals surface area (Å²) in [4.78, 5) is 33.4. The molecule has 0 fully saturated rings. The molecule has 7 nitrogen and oxygen atoms in total. The lowest BCUT2D eigenvalue weighted by atomic mass is 9.94. The van der Waals surface area contributed by atoms with Crippen molar-refractivity contribution < 1.29 is 24.6 Å². The monoisotopic (exact) mass is 280 g/mol. The van der Waals surface area contributed by atoms with Crippen LogP contribution >= 0.6 is 0 Å². The lowest BCUT2D eigenvalue weighted by Crippen LogP contribution is -2.35. The molecule has 1 aromatic rings. The second kappa shape index (κ2) is 6.78. The SMILES string of the molecule is N[C@@H](Cc1ccccc1C(=O)[C@@H](N)CC(=O)O)C(=O)O. The number of nitrogens with two attached hydrogens (primary N) is 2. The van der Waals surface area contributed by atoms with Crippen LogP contribution in [0.1, 0.15) is 22.3 Å². The second-order valence-electron chi connectivity index (χ2n) is 4.37. The van der Waals surface area contributed by atoms with Crippen molar-refractivity contribution in [3.8, 4) is 0 Å². The highest BCUT2D eigenvalue weighted by atomic mass is 16.4. The largest absolute Gasteiger partial charge is 0.481 e. The first-order chi connectivity index (χ1) is 9.32. The van der Waals surface area contributed by atoms with Crippen LogP contribution in [-0.4, -0.2) is 40.0 Å². The number of benzene rings is 1. The molecule has 2 atom stereocenters. The molecule has 0 aliphatic rings. The van der Waals surface area contributed by atoms with Gasteiger partial charge in [-0.25, -0.2) is 0 Å². The fourth-order valence-corrected chi connectivity index (χ4v) is 1.74. The molecular formula is C13H16N2O5. The number of carbonyl (C=O) groups is 3. The first-order valence-corrected chi connectivity index (χ1v) is 5.90. The molecule has 0 radical (unpaired) electrons. The maximum atomic E-state index is 12.1. The smallest absolute Gasteiger partial charge is 0.320 e. The van der Waals surface area contributed by atoms with E-state index in [1.54, 1.807) is 18.2 Å².